The number of nitrogen functional groups attached to an aromatic ring is 1. The topological polar surface area (TPSA) is 43.8 Å². The quantitative estimate of drug-likeness (QED) is 0.816. The first-order chi connectivity index (χ1) is 10.1. The Morgan fingerprint density at radius 1 is 1.05 bits per heavy atom. The summed E-state index contributed by atoms with van der Waals surface area (Å²) in [6, 6.07) is 6.98. The van der Waals surface area contributed by atoms with E-state index in [-0.39, 0.29) is 0 Å². The fraction of sp³-hybridized carbons (Fsp3) is 0.500. The van der Waals surface area contributed by atoms with Gasteiger partial charge < -0.3 is 5.73 Å². The van der Waals surface area contributed by atoms with Crippen LogP contribution in [0.2, 0.25) is 0 Å². The smallest absolute Gasteiger partial charge is 0.115 e. The molecule has 1 aliphatic carbocycles. The second-order valence-electron chi connectivity index (χ2n) is 6.36. The highest BCUT2D eigenvalue weighted by molar-refractivity contribution is 5.72. The summed E-state index contributed by atoms with van der Waals surface area (Å²) in [6.07, 6.45) is 9.82. The molecule has 0 saturated heterocycles. The van der Waals surface area contributed by atoms with E-state index in [4.69, 9.17) is 10.8 Å². The highest BCUT2D eigenvalue weighted by atomic mass is 15.3. The van der Waals surface area contributed by atoms with Gasteiger partial charge in [0.2, 0.25) is 0 Å². The summed E-state index contributed by atoms with van der Waals surface area (Å²) in [5, 5.41) is 4.81. The van der Waals surface area contributed by atoms with E-state index in [0.29, 0.717) is 6.04 Å². The number of benzene rings is 1. The molecule has 1 saturated carbocycles. The van der Waals surface area contributed by atoms with Gasteiger partial charge in [0.15, 0.2) is 0 Å². The molecule has 0 aliphatic heterocycles. The average Bonchev–Trinajstić information content (AvgIpc) is 2.69. The Kier molecular flexibility index (Phi) is 4.00. The van der Waals surface area contributed by atoms with Crippen LogP contribution in [-0.2, 0) is 0 Å². The van der Waals surface area contributed by atoms with Crippen molar-refractivity contribution in [2.75, 3.05) is 5.73 Å². The average molecular weight is 283 g/mol. The molecule has 3 heteroatoms. The molecule has 0 unspecified atom stereocenters. The Bertz CT molecular complexity index is 619. The van der Waals surface area contributed by atoms with Crippen molar-refractivity contribution < 1.29 is 0 Å². The number of hydrogen-bond donors (Lipinski definition) is 1. The lowest BCUT2D eigenvalue weighted by molar-refractivity contribution is 0.406. The molecule has 3 rings (SSSR count). The van der Waals surface area contributed by atoms with E-state index in [0.717, 1.165) is 16.9 Å². The first-order valence-electron chi connectivity index (χ1n) is 8.07. The fourth-order valence-corrected chi connectivity index (χ4v) is 3.23. The number of aromatic nitrogens is 2. The van der Waals surface area contributed by atoms with Crippen LogP contribution in [-0.4, -0.2) is 9.78 Å². The minimum atomic E-state index is 0.523. The van der Waals surface area contributed by atoms with Crippen LogP contribution in [0.1, 0.15) is 55.7 Å². The second kappa shape index (κ2) is 5.92. The van der Waals surface area contributed by atoms with Crippen LogP contribution in [0.4, 0.5) is 5.69 Å². The third kappa shape index (κ3) is 2.97. The third-order valence-corrected chi connectivity index (χ3v) is 4.74. The maximum Gasteiger partial charge on any atom is 0.115 e. The van der Waals surface area contributed by atoms with Crippen molar-refractivity contribution in [1.29, 1.82) is 0 Å². The van der Waals surface area contributed by atoms with Crippen molar-refractivity contribution >= 4 is 5.69 Å². The van der Waals surface area contributed by atoms with Crippen LogP contribution in [0, 0.1) is 13.8 Å². The molecule has 0 amide bonds. The van der Waals surface area contributed by atoms with Gasteiger partial charge >= 0.3 is 0 Å². The monoisotopic (exact) mass is 283 g/mol. The van der Waals surface area contributed by atoms with Gasteiger partial charge in [-0.05, 0) is 43.9 Å². The van der Waals surface area contributed by atoms with E-state index in [1.54, 1.807) is 0 Å². The molecule has 1 aromatic carbocycles. The molecule has 21 heavy (non-hydrogen) atoms. The number of nitrogens with zero attached hydrogens (tertiary/aromatic N) is 2. The standard InChI is InChI=1S/C18H25N3/c1-13-9-10-15(11-14(13)2)18-17(19)12-21(20-18)16-7-5-3-4-6-8-16/h9-12,16H,3-8,19H2,1-2H3. The molecule has 0 bridgehead atoms. The Balaban J connectivity index is 1.91. The van der Waals surface area contributed by atoms with Crippen molar-refractivity contribution in [3.8, 4) is 11.3 Å². The Morgan fingerprint density at radius 2 is 1.76 bits per heavy atom. The van der Waals surface area contributed by atoms with Crippen molar-refractivity contribution in [3.63, 3.8) is 0 Å². The summed E-state index contributed by atoms with van der Waals surface area (Å²) >= 11 is 0. The first kappa shape index (κ1) is 14.2. The highest BCUT2D eigenvalue weighted by Gasteiger charge is 2.17. The molecule has 2 aromatic rings. The van der Waals surface area contributed by atoms with Crippen LogP contribution in [0.3, 0.4) is 0 Å². The summed E-state index contributed by atoms with van der Waals surface area (Å²) in [4.78, 5) is 0. The van der Waals surface area contributed by atoms with Crippen molar-refractivity contribution in [3.05, 3.63) is 35.5 Å². The molecule has 1 fully saturated rings. The van der Waals surface area contributed by atoms with Crippen molar-refractivity contribution in [2.24, 2.45) is 0 Å². The lowest BCUT2D eigenvalue weighted by Gasteiger charge is -2.14. The van der Waals surface area contributed by atoms with E-state index >= 15 is 0 Å². The fourth-order valence-electron chi connectivity index (χ4n) is 3.23. The third-order valence-electron chi connectivity index (χ3n) is 4.74. The van der Waals surface area contributed by atoms with Crippen molar-refractivity contribution in [1.82, 2.24) is 9.78 Å². The molecule has 112 valence electrons. The predicted molar refractivity (Wildman–Crippen MR) is 88.3 cm³/mol. The van der Waals surface area contributed by atoms with Crippen LogP contribution in [0.15, 0.2) is 24.4 Å². The van der Waals surface area contributed by atoms with E-state index in [1.807, 2.05) is 6.20 Å². The molecular weight excluding hydrogens is 258 g/mol. The zero-order valence-electron chi connectivity index (χ0n) is 13.1. The van der Waals surface area contributed by atoms with E-state index in [1.165, 1.54) is 49.7 Å². The minimum Gasteiger partial charge on any atom is -0.396 e. The number of nitrogens with two attached hydrogens (primary N) is 1. The second-order valence-corrected chi connectivity index (χ2v) is 6.36. The largest absolute Gasteiger partial charge is 0.396 e. The van der Waals surface area contributed by atoms with E-state index in [2.05, 4.69) is 36.7 Å². The first-order valence-corrected chi connectivity index (χ1v) is 8.07. The Hall–Kier alpha value is -1.77. The van der Waals surface area contributed by atoms with Gasteiger partial charge in [-0.15, -0.1) is 0 Å². The molecule has 3 nitrogen and oxygen atoms in total. The van der Waals surface area contributed by atoms with Crippen molar-refractivity contribution in [2.45, 2.75) is 58.4 Å². The number of anilines is 1. The van der Waals surface area contributed by atoms with Crippen LogP contribution in [0.25, 0.3) is 11.3 Å². The molecule has 1 heterocycles. The lowest BCUT2D eigenvalue weighted by atomic mass is 10.0. The molecule has 1 aromatic heterocycles. The molecular formula is C18H25N3. The van der Waals surface area contributed by atoms with Gasteiger partial charge in [0.05, 0.1) is 11.7 Å². The van der Waals surface area contributed by atoms with E-state index in [9.17, 15) is 0 Å². The summed E-state index contributed by atoms with van der Waals surface area (Å²) in [5.41, 5.74) is 11.7. The van der Waals surface area contributed by atoms with Crippen LogP contribution < -0.4 is 5.73 Å². The minimum absolute atomic E-state index is 0.523. The number of aryl methyl sites for hydroxylation is 2. The SMILES string of the molecule is Cc1ccc(-c2nn(C3CCCCCC3)cc2N)cc1C. The van der Waals surface area contributed by atoms with Gasteiger partial charge in [-0.3, -0.25) is 4.68 Å². The van der Waals surface area contributed by atoms with Gasteiger partial charge in [-0.1, -0.05) is 37.8 Å². The lowest BCUT2D eigenvalue weighted by Crippen LogP contribution is -2.08. The van der Waals surface area contributed by atoms with Gasteiger partial charge in [0.1, 0.15) is 5.69 Å². The zero-order chi connectivity index (χ0) is 14.8. The molecule has 0 spiro atoms. The van der Waals surface area contributed by atoms with Gasteiger partial charge in [-0.2, -0.15) is 5.10 Å². The Labute approximate surface area is 127 Å². The predicted octanol–water partition coefficient (Wildman–Crippen LogP) is 4.64. The van der Waals surface area contributed by atoms with Gasteiger partial charge in [0.25, 0.3) is 0 Å². The zero-order valence-corrected chi connectivity index (χ0v) is 13.1. The maximum atomic E-state index is 6.22. The van der Waals surface area contributed by atoms with Gasteiger partial charge in [0, 0.05) is 11.8 Å². The molecule has 2 N–H and O–H groups in total. The number of hydrogen-bond acceptors (Lipinski definition) is 2. The summed E-state index contributed by atoms with van der Waals surface area (Å²) in [5.74, 6) is 0. The molecule has 1 aliphatic rings. The molecule has 0 atom stereocenters. The summed E-state index contributed by atoms with van der Waals surface area (Å²) < 4.78 is 2.12. The highest BCUT2D eigenvalue weighted by Crippen LogP contribution is 2.31. The maximum absolute atomic E-state index is 6.22. The Morgan fingerprint density at radius 3 is 2.43 bits per heavy atom. The normalized spacial score (nSPS) is 16.9. The summed E-state index contributed by atoms with van der Waals surface area (Å²) in [6.45, 7) is 4.27. The van der Waals surface area contributed by atoms with E-state index < -0.39 is 0 Å². The van der Waals surface area contributed by atoms with Crippen LogP contribution in [0.5, 0.6) is 0 Å². The van der Waals surface area contributed by atoms with Gasteiger partial charge in [-0.25, -0.2) is 0 Å². The van der Waals surface area contributed by atoms with Crippen LogP contribution >= 0.6 is 0 Å². The number of rotatable bonds is 2. The molecule has 0 radical (unpaired) electrons. The summed E-state index contributed by atoms with van der Waals surface area (Å²) in [7, 11) is 0.